The summed E-state index contributed by atoms with van der Waals surface area (Å²) in [5, 5.41) is 9.97. The van der Waals surface area contributed by atoms with Crippen molar-refractivity contribution in [3.63, 3.8) is 0 Å². The number of phenols is 1. The fourth-order valence-corrected chi connectivity index (χ4v) is 3.01. The number of rotatable bonds is 3. The number of benzene rings is 1. The minimum Gasteiger partial charge on any atom is -0.504 e. The van der Waals surface area contributed by atoms with E-state index in [0.717, 1.165) is 5.56 Å². The molecule has 1 aliphatic heterocycles. The number of Topliss-reactive ketones (excluding diaryl/α,β-unsaturated/α-hetero) is 1. The van der Waals surface area contributed by atoms with Crippen LogP contribution in [0.4, 0.5) is 4.79 Å². The highest BCUT2D eigenvalue weighted by molar-refractivity contribution is 5.85. The molecule has 1 aliphatic rings. The molecule has 1 aromatic carbocycles. The van der Waals surface area contributed by atoms with Crippen LogP contribution in [0.1, 0.15) is 25.3 Å². The average Bonchev–Trinajstić information content (AvgIpc) is 2.85. The lowest BCUT2D eigenvalue weighted by atomic mass is 9.73. The van der Waals surface area contributed by atoms with Gasteiger partial charge in [0.1, 0.15) is 5.78 Å². The van der Waals surface area contributed by atoms with Crippen molar-refractivity contribution in [2.45, 2.75) is 19.8 Å². The van der Waals surface area contributed by atoms with Crippen LogP contribution in [0, 0.1) is 5.41 Å². The number of likely N-dealkylation sites (tertiary alicyclic amines) is 1. The number of hydrogen-bond acceptors (Lipinski definition) is 5. The molecule has 2 rings (SSSR count). The van der Waals surface area contributed by atoms with Crippen molar-refractivity contribution in [2.24, 2.45) is 5.41 Å². The van der Waals surface area contributed by atoms with Crippen LogP contribution in [0.15, 0.2) is 18.2 Å². The third-order valence-electron chi connectivity index (χ3n) is 4.53. The third kappa shape index (κ3) is 2.61. The third-order valence-corrected chi connectivity index (χ3v) is 4.53. The molecule has 0 aliphatic carbocycles. The number of nitrogens with zero attached hydrogens (tertiary/aromatic N) is 1. The van der Waals surface area contributed by atoms with Crippen molar-refractivity contribution in [1.29, 1.82) is 0 Å². The highest BCUT2D eigenvalue weighted by Crippen LogP contribution is 2.45. The van der Waals surface area contributed by atoms with Gasteiger partial charge in [-0.1, -0.05) is 13.0 Å². The van der Waals surface area contributed by atoms with Crippen LogP contribution in [0.2, 0.25) is 0 Å². The second-order valence-corrected chi connectivity index (χ2v) is 5.81. The molecule has 6 nitrogen and oxygen atoms in total. The number of phenolic OH excluding ortho intramolecular Hbond substituents is 1. The highest BCUT2D eigenvalue weighted by Gasteiger charge is 2.49. The molecule has 0 spiro atoms. The lowest BCUT2D eigenvalue weighted by molar-refractivity contribution is -0.125. The number of aromatic hydroxyl groups is 1. The van der Waals surface area contributed by atoms with Gasteiger partial charge in [-0.05, 0) is 24.6 Å². The lowest BCUT2D eigenvalue weighted by Gasteiger charge is -2.27. The summed E-state index contributed by atoms with van der Waals surface area (Å²) in [5.41, 5.74) is 0.0808. The van der Waals surface area contributed by atoms with Crippen molar-refractivity contribution in [3.05, 3.63) is 23.8 Å². The summed E-state index contributed by atoms with van der Waals surface area (Å²) in [7, 11) is 2.79. The molecule has 0 unspecified atom stereocenters. The van der Waals surface area contributed by atoms with Gasteiger partial charge in [0, 0.05) is 19.0 Å². The number of ether oxygens (including phenoxy) is 2. The van der Waals surface area contributed by atoms with E-state index < -0.39 is 11.5 Å². The summed E-state index contributed by atoms with van der Waals surface area (Å²) in [6.45, 7) is 4.03. The molecule has 1 N–H and O–H groups in total. The van der Waals surface area contributed by atoms with Crippen molar-refractivity contribution < 1.29 is 24.2 Å². The normalized spacial score (nSPS) is 24.2. The Morgan fingerprint density at radius 2 is 2.05 bits per heavy atom. The maximum Gasteiger partial charge on any atom is 0.409 e. The summed E-state index contributed by atoms with van der Waals surface area (Å²) in [6.07, 6.45) is -0.451. The molecule has 1 aromatic rings. The van der Waals surface area contributed by atoms with Gasteiger partial charge in [-0.25, -0.2) is 4.79 Å². The molecule has 6 heteroatoms. The average molecular weight is 307 g/mol. The van der Waals surface area contributed by atoms with E-state index in [4.69, 9.17) is 9.47 Å². The summed E-state index contributed by atoms with van der Waals surface area (Å²) in [4.78, 5) is 25.5. The van der Waals surface area contributed by atoms with Crippen LogP contribution in [-0.2, 0) is 9.53 Å². The van der Waals surface area contributed by atoms with Crippen molar-refractivity contribution in [3.8, 4) is 11.5 Å². The Balaban J connectivity index is 2.40. The van der Waals surface area contributed by atoms with Gasteiger partial charge in [0.05, 0.1) is 19.6 Å². The molecule has 0 bridgehead atoms. The molecule has 22 heavy (non-hydrogen) atoms. The summed E-state index contributed by atoms with van der Waals surface area (Å²) in [6, 6.07) is 5.06. The van der Waals surface area contributed by atoms with Gasteiger partial charge in [-0.15, -0.1) is 0 Å². The fourth-order valence-electron chi connectivity index (χ4n) is 3.01. The van der Waals surface area contributed by atoms with Crippen LogP contribution in [0.25, 0.3) is 0 Å². The number of amides is 1. The van der Waals surface area contributed by atoms with Gasteiger partial charge in [-0.3, -0.25) is 4.79 Å². The molecular weight excluding hydrogens is 286 g/mol. The van der Waals surface area contributed by atoms with E-state index in [2.05, 4.69) is 0 Å². The van der Waals surface area contributed by atoms with Gasteiger partial charge in [-0.2, -0.15) is 0 Å². The zero-order chi connectivity index (χ0) is 16.5. The zero-order valence-corrected chi connectivity index (χ0v) is 13.3. The van der Waals surface area contributed by atoms with Crippen molar-refractivity contribution >= 4 is 11.9 Å². The molecule has 1 heterocycles. The minimum absolute atomic E-state index is 0.000731. The van der Waals surface area contributed by atoms with Crippen LogP contribution in [0.5, 0.6) is 11.5 Å². The van der Waals surface area contributed by atoms with E-state index in [1.165, 1.54) is 26.0 Å². The van der Waals surface area contributed by atoms with Gasteiger partial charge in [0.25, 0.3) is 0 Å². The Kier molecular flexibility index (Phi) is 4.30. The second kappa shape index (κ2) is 5.87. The number of hydrogen-bond donors (Lipinski definition) is 1. The Labute approximate surface area is 129 Å². The first kappa shape index (κ1) is 16.1. The van der Waals surface area contributed by atoms with Crippen LogP contribution < -0.4 is 4.74 Å². The number of carbonyl (C=O) groups is 2. The van der Waals surface area contributed by atoms with E-state index in [1.807, 2.05) is 13.0 Å². The Morgan fingerprint density at radius 1 is 1.36 bits per heavy atom. The SMILES string of the molecule is COC(=O)N1C[C@H](c2ccc(OC)c(O)c2)[C@](C)(C(C)=O)C1. The second-order valence-electron chi connectivity index (χ2n) is 5.81. The number of carbonyl (C=O) groups excluding carboxylic acids is 2. The fraction of sp³-hybridized carbons (Fsp3) is 0.500. The van der Waals surface area contributed by atoms with Crippen LogP contribution >= 0.6 is 0 Å². The standard InChI is InChI=1S/C16H21NO5/c1-10(18)16(2)9-17(15(20)22-4)8-12(16)11-5-6-14(21-3)13(19)7-11/h5-7,12,19H,8-9H2,1-4H3/t12-,16+/m1/s1. The molecule has 1 saturated heterocycles. The monoisotopic (exact) mass is 307 g/mol. The first-order chi connectivity index (χ1) is 10.3. The van der Waals surface area contributed by atoms with E-state index in [-0.39, 0.29) is 17.5 Å². The summed E-state index contributed by atoms with van der Waals surface area (Å²) < 4.78 is 9.80. The molecular formula is C16H21NO5. The highest BCUT2D eigenvalue weighted by atomic mass is 16.5. The van der Waals surface area contributed by atoms with Gasteiger partial charge >= 0.3 is 6.09 Å². The first-order valence-corrected chi connectivity index (χ1v) is 7.04. The maximum atomic E-state index is 12.2. The van der Waals surface area contributed by atoms with Crippen molar-refractivity contribution in [2.75, 3.05) is 27.3 Å². The van der Waals surface area contributed by atoms with Crippen LogP contribution in [-0.4, -0.2) is 49.2 Å². The predicted molar refractivity (Wildman–Crippen MR) is 80.2 cm³/mol. The maximum absolute atomic E-state index is 12.2. The lowest BCUT2D eigenvalue weighted by Crippen LogP contribution is -2.35. The summed E-state index contributed by atoms with van der Waals surface area (Å²) in [5.74, 6) is 0.179. The molecule has 0 radical (unpaired) electrons. The largest absolute Gasteiger partial charge is 0.504 e. The Bertz CT molecular complexity index is 600. The predicted octanol–water partition coefficient (Wildman–Crippen LogP) is 2.16. The molecule has 0 aromatic heterocycles. The van der Waals surface area contributed by atoms with Crippen molar-refractivity contribution in [1.82, 2.24) is 4.90 Å². The topological polar surface area (TPSA) is 76.1 Å². The van der Waals surface area contributed by atoms with Gasteiger partial charge in [0.15, 0.2) is 11.5 Å². The Morgan fingerprint density at radius 3 is 2.55 bits per heavy atom. The van der Waals surface area contributed by atoms with E-state index in [0.29, 0.717) is 18.8 Å². The van der Waals surface area contributed by atoms with E-state index >= 15 is 0 Å². The molecule has 1 fully saturated rings. The first-order valence-electron chi connectivity index (χ1n) is 7.04. The molecule has 1 amide bonds. The van der Waals surface area contributed by atoms with E-state index in [9.17, 15) is 14.7 Å². The van der Waals surface area contributed by atoms with E-state index in [1.54, 1.807) is 12.1 Å². The molecule has 120 valence electrons. The minimum atomic E-state index is -0.713. The number of methoxy groups -OCH3 is 2. The molecule has 2 atom stereocenters. The number of ketones is 1. The van der Waals surface area contributed by atoms with Crippen LogP contribution in [0.3, 0.4) is 0 Å². The summed E-state index contributed by atoms with van der Waals surface area (Å²) >= 11 is 0. The Hall–Kier alpha value is -2.24. The van der Waals surface area contributed by atoms with Gasteiger partial charge in [0.2, 0.25) is 0 Å². The van der Waals surface area contributed by atoms with Gasteiger partial charge < -0.3 is 19.5 Å². The zero-order valence-electron chi connectivity index (χ0n) is 13.3. The smallest absolute Gasteiger partial charge is 0.409 e. The quantitative estimate of drug-likeness (QED) is 0.926. The molecule has 0 saturated carbocycles.